The lowest BCUT2D eigenvalue weighted by Gasteiger charge is -2.17. The zero-order valence-corrected chi connectivity index (χ0v) is 13.5. The van der Waals surface area contributed by atoms with E-state index < -0.39 is 0 Å². The Kier molecular flexibility index (Phi) is 5.04. The van der Waals surface area contributed by atoms with Crippen molar-refractivity contribution >= 4 is 21.7 Å². The van der Waals surface area contributed by atoms with Crippen LogP contribution in [0.5, 0.6) is 5.75 Å². The van der Waals surface area contributed by atoms with E-state index in [2.05, 4.69) is 43.3 Å². The van der Waals surface area contributed by atoms with Crippen molar-refractivity contribution in [1.82, 2.24) is 0 Å². The fraction of sp³-hybridized carbons (Fsp3) is 0.444. The van der Waals surface area contributed by atoms with E-state index in [1.165, 1.54) is 22.1 Å². The number of unbranched alkanes of at least 4 members (excludes halogenated alkanes) is 1. The van der Waals surface area contributed by atoms with Crippen LogP contribution in [0.3, 0.4) is 0 Å². The molecule has 0 aromatic heterocycles. The Morgan fingerprint density at radius 1 is 1.05 bits per heavy atom. The van der Waals surface area contributed by atoms with E-state index in [9.17, 15) is 0 Å². The molecule has 3 heteroatoms. The third-order valence-electron chi connectivity index (χ3n) is 3.86. The molecule has 0 spiro atoms. The van der Waals surface area contributed by atoms with Gasteiger partial charge in [0.2, 0.25) is 0 Å². The van der Waals surface area contributed by atoms with Gasteiger partial charge in [0.05, 0.1) is 19.8 Å². The van der Waals surface area contributed by atoms with Crippen molar-refractivity contribution in [3.63, 3.8) is 0 Å². The average Bonchev–Trinajstić information content (AvgIpc) is 2.56. The van der Waals surface area contributed by atoms with Crippen LogP contribution in [0, 0.1) is 0 Å². The predicted molar refractivity (Wildman–Crippen MR) is 90.5 cm³/mol. The lowest BCUT2D eigenvalue weighted by molar-refractivity contribution is 0.159. The van der Waals surface area contributed by atoms with Crippen molar-refractivity contribution in [1.29, 1.82) is 0 Å². The molecule has 21 heavy (non-hydrogen) atoms. The zero-order chi connectivity index (χ0) is 14.5. The molecule has 0 N–H and O–H groups in total. The maximum Gasteiger partial charge on any atom is 0.163 e. The number of fused-ring (bicyclic) bond motifs is 1. The maximum absolute atomic E-state index is 5.98. The van der Waals surface area contributed by atoms with Gasteiger partial charge in [0, 0.05) is 21.7 Å². The van der Waals surface area contributed by atoms with E-state index >= 15 is 0 Å². The molecule has 0 atom stereocenters. The van der Waals surface area contributed by atoms with Gasteiger partial charge in [-0.2, -0.15) is 0 Å². The highest BCUT2D eigenvalue weighted by Crippen LogP contribution is 2.33. The molecule has 0 saturated carbocycles. The second kappa shape index (κ2) is 7.19. The van der Waals surface area contributed by atoms with Crippen molar-refractivity contribution in [2.24, 2.45) is 0 Å². The van der Waals surface area contributed by atoms with E-state index in [1.54, 1.807) is 0 Å². The highest BCUT2D eigenvalue weighted by Gasteiger charge is 2.27. The number of benzene rings is 2. The Balaban J connectivity index is 1.93. The second-order valence-corrected chi connectivity index (χ2v) is 7.56. The Hall–Kier alpha value is -1.19. The summed E-state index contributed by atoms with van der Waals surface area (Å²) in [5.74, 6) is 3.33. The van der Waals surface area contributed by atoms with Crippen LogP contribution in [0.2, 0.25) is 0 Å². The molecule has 0 radical (unpaired) electrons. The minimum atomic E-state index is 0.321. The van der Waals surface area contributed by atoms with Crippen LogP contribution in [0.4, 0.5) is 0 Å². The number of hydrogen-bond donors (Lipinski definition) is 0. The van der Waals surface area contributed by atoms with Gasteiger partial charge in [0.1, 0.15) is 17.3 Å². The van der Waals surface area contributed by atoms with Gasteiger partial charge in [-0.25, -0.2) is 0 Å². The topological polar surface area (TPSA) is 18.5 Å². The molecule has 1 fully saturated rings. The first kappa shape index (κ1) is 14.7. The third-order valence-corrected chi connectivity index (χ3v) is 6.16. The SMILES string of the molecule is CCCCOc1ccc([S+]2CCOCC2)c2ccccc12. The average molecular weight is 303 g/mol. The quantitative estimate of drug-likeness (QED) is 0.613. The summed E-state index contributed by atoms with van der Waals surface area (Å²) in [7, 11) is 0.321. The largest absolute Gasteiger partial charge is 0.493 e. The first-order chi connectivity index (χ1) is 10.4. The Morgan fingerprint density at radius 2 is 1.81 bits per heavy atom. The summed E-state index contributed by atoms with van der Waals surface area (Å²) in [4.78, 5) is 1.48. The summed E-state index contributed by atoms with van der Waals surface area (Å²) < 4.78 is 11.5. The third kappa shape index (κ3) is 3.35. The van der Waals surface area contributed by atoms with Gasteiger partial charge in [-0.15, -0.1) is 0 Å². The number of rotatable bonds is 5. The summed E-state index contributed by atoms with van der Waals surface area (Å²) in [6.07, 6.45) is 2.28. The fourth-order valence-electron chi connectivity index (χ4n) is 2.69. The molecule has 112 valence electrons. The maximum atomic E-state index is 5.98. The number of hydrogen-bond acceptors (Lipinski definition) is 2. The van der Waals surface area contributed by atoms with Crippen LogP contribution in [-0.2, 0) is 15.6 Å². The molecule has 1 heterocycles. The van der Waals surface area contributed by atoms with E-state index in [4.69, 9.17) is 9.47 Å². The summed E-state index contributed by atoms with van der Waals surface area (Å²) in [5, 5.41) is 2.61. The monoisotopic (exact) mass is 303 g/mol. The summed E-state index contributed by atoms with van der Waals surface area (Å²) >= 11 is 0. The summed E-state index contributed by atoms with van der Waals surface area (Å²) in [6, 6.07) is 13.1. The lowest BCUT2D eigenvalue weighted by Crippen LogP contribution is -2.26. The van der Waals surface area contributed by atoms with Crippen molar-refractivity contribution in [3.05, 3.63) is 36.4 Å². The number of ether oxygens (including phenoxy) is 2. The Morgan fingerprint density at radius 3 is 2.57 bits per heavy atom. The van der Waals surface area contributed by atoms with Crippen LogP contribution in [0.15, 0.2) is 41.3 Å². The van der Waals surface area contributed by atoms with Crippen molar-refractivity contribution < 1.29 is 9.47 Å². The molecule has 0 unspecified atom stereocenters. The molecule has 3 rings (SSSR count). The van der Waals surface area contributed by atoms with Gasteiger partial charge in [-0.05, 0) is 24.6 Å². The highest BCUT2D eigenvalue weighted by molar-refractivity contribution is 7.97. The van der Waals surface area contributed by atoms with Crippen molar-refractivity contribution in [3.8, 4) is 5.75 Å². The van der Waals surface area contributed by atoms with Gasteiger partial charge in [0.15, 0.2) is 4.90 Å². The van der Waals surface area contributed by atoms with E-state index in [1.807, 2.05) is 0 Å². The summed E-state index contributed by atoms with van der Waals surface area (Å²) in [6.45, 7) is 4.79. The van der Waals surface area contributed by atoms with Gasteiger partial charge < -0.3 is 9.47 Å². The molecule has 0 amide bonds. The lowest BCUT2D eigenvalue weighted by atomic mass is 10.1. The minimum Gasteiger partial charge on any atom is -0.493 e. The predicted octanol–water partition coefficient (Wildman–Crippen LogP) is 4.03. The summed E-state index contributed by atoms with van der Waals surface area (Å²) in [5.41, 5.74) is 0. The van der Waals surface area contributed by atoms with Crippen molar-refractivity contribution in [2.75, 3.05) is 31.3 Å². The molecule has 0 aliphatic carbocycles. The highest BCUT2D eigenvalue weighted by atomic mass is 32.2. The zero-order valence-electron chi connectivity index (χ0n) is 12.6. The van der Waals surface area contributed by atoms with E-state index in [0.29, 0.717) is 10.9 Å². The smallest absolute Gasteiger partial charge is 0.163 e. The van der Waals surface area contributed by atoms with Crippen LogP contribution < -0.4 is 4.74 Å². The van der Waals surface area contributed by atoms with E-state index in [0.717, 1.165) is 43.5 Å². The molecular weight excluding hydrogens is 280 g/mol. The molecule has 2 nitrogen and oxygen atoms in total. The van der Waals surface area contributed by atoms with E-state index in [-0.39, 0.29) is 0 Å². The molecule has 0 bridgehead atoms. The Bertz CT molecular complexity index is 591. The van der Waals surface area contributed by atoms with Crippen LogP contribution in [0.1, 0.15) is 19.8 Å². The fourth-order valence-corrected chi connectivity index (χ4v) is 4.72. The molecular formula is C18H23O2S+. The Labute approximate surface area is 129 Å². The normalized spacial score (nSPS) is 16.2. The van der Waals surface area contributed by atoms with Gasteiger partial charge in [-0.3, -0.25) is 0 Å². The van der Waals surface area contributed by atoms with Crippen molar-refractivity contribution in [2.45, 2.75) is 24.7 Å². The molecule has 1 saturated heterocycles. The van der Waals surface area contributed by atoms with Crippen LogP contribution >= 0.6 is 0 Å². The van der Waals surface area contributed by atoms with Gasteiger partial charge >= 0.3 is 0 Å². The first-order valence-corrected chi connectivity index (χ1v) is 9.36. The standard InChI is InChI=1S/C18H23O2S/c1-2-3-10-20-17-8-9-18(21-13-11-19-12-14-21)16-7-5-4-6-15(16)17/h4-9H,2-3,10-14H2,1H3/q+1. The minimum absolute atomic E-state index is 0.321. The van der Waals surface area contributed by atoms with Crippen LogP contribution in [0.25, 0.3) is 10.8 Å². The molecule has 2 aromatic carbocycles. The second-order valence-electron chi connectivity index (χ2n) is 5.32. The molecule has 1 aliphatic heterocycles. The van der Waals surface area contributed by atoms with Gasteiger partial charge in [0.25, 0.3) is 0 Å². The molecule has 1 aliphatic rings. The van der Waals surface area contributed by atoms with Crippen LogP contribution in [-0.4, -0.2) is 31.3 Å². The molecule has 2 aromatic rings. The van der Waals surface area contributed by atoms with Gasteiger partial charge in [-0.1, -0.05) is 31.5 Å². The first-order valence-electron chi connectivity index (χ1n) is 7.80.